The Labute approximate surface area is 117 Å². The van der Waals surface area contributed by atoms with Crippen molar-refractivity contribution in [3.05, 3.63) is 58.5 Å². The van der Waals surface area contributed by atoms with E-state index in [-0.39, 0.29) is 6.04 Å². The second-order valence-corrected chi connectivity index (χ2v) is 5.35. The van der Waals surface area contributed by atoms with Crippen LogP contribution in [0.2, 0.25) is 5.22 Å². The summed E-state index contributed by atoms with van der Waals surface area (Å²) in [4.78, 5) is 0. The van der Waals surface area contributed by atoms with Crippen molar-refractivity contribution in [1.82, 2.24) is 5.43 Å². The number of benzene rings is 1. The van der Waals surface area contributed by atoms with Gasteiger partial charge >= 0.3 is 0 Å². The van der Waals surface area contributed by atoms with Crippen molar-refractivity contribution in [2.75, 3.05) is 0 Å². The molecular weight excluding hydrogens is 260 g/mol. The molecule has 19 heavy (non-hydrogen) atoms. The molecular formula is C15H17ClN2O. The van der Waals surface area contributed by atoms with Gasteiger partial charge in [-0.1, -0.05) is 30.7 Å². The van der Waals surface area contributed by atoms with Gasteiger partial charge in [0, 0.05) is 5.56 Å². The number of hydrogen-bond acceptors (Lipinski definition) is 3. The summed E-state index contributed by atoms with van der Waals surface area (Å²) < 4.78 is 5.18. The summed E-state index contributed by atoms with van der Waals surface area (Å²) in [6.07, 6.45) is 5.42. The first-order chi connectivity index (χ1) is 9.31. The molecule has 3 rings (SSSR count). The minimum absolute atomic E-state index is 0.122. The minimum atomic E-state index is -0.122. The average molecular weight is 277 g/mol. The third kappa shape index (κ3) is 2.29. The summed E-state index contributed by atoms with van der Waals surface area (Å²) >= 11 is 6.08. The number of hydrazine groups is 1. The van der Waals surface area contributed by atoms with Crippen molar-refractivity contribution < 1.29 is 4.42 Å². The van der Waals surface area contributed by atoms with Crippen LogP contribution in [0.5, 0.6) is 0 Å². The summed E-state index contributed by atoms with van der Waals surface area (Å²) in [6.45, 7) is 0. The van der Waals surface area contributed by atoms with E-state index in [2.05, 4.69) is 23.6 Å². The van der Waals surface area contributed by atoms with E-state index in [1.807, 2.05) is 12.1 Å². The average Bonchev–Trinajstić information content (AvgIpc) is 2.77. The Morgan fingerprint density at radius 1 is 1.21 bits per heavy atom. The van der Waals surface area contributed by atoms with Crippen LogP contribution in [0.15, 0.2) is 41.0 Å². The van der Waals surface area contributed by atoms with Crippen LogP contribution >= 0.6 is 11.6 Å². The number of nitrogens with one attached hydrogen (secondary N) is 1. The van der Waals surface area contributed by atoms with Crippen molar-refractivity contribution in [1.29, 1.82) is 0 Å². The first-order valence-corrected chi connectivity index (χ1v) is 6.97. The zero-order valence-electron chi connectivity index (χ0n) is 10.6. The number of rotatable bonds is 4. The number of nitrogens with two attached hydrogens (primary N) is 1. The zero-order valence-corrected chi connectivity index (χ0v) is 11.4. The molecule has 0 bridgehead atoms. The van der Waals surface area contributed by atoms with E-state index in [9.17, 15) is 0 Å². The number of halogens is 1. The molecule has 4 heteroatoms. The largest absolute Gasteiger partial charge is 0.453 e. The van der Waals surface area contributed by atoms with E-state index in [1.54, 1.807) is 6.26 Å². The Morgan fingerprint density at radius 2 is 2.00 bits per heavy atom. The monoisotopic (exact) mass is 276 g/mol. The van der Waals surface area contributed by atoms with Crippen LogP contribution in [0.4, 0.5) is 0 Å². The van der Waals surface area contributed by atoms with Gasteiger partial charge in [0.1, 0.15) is 0 Å². The molecule has 0 aliphatic heterocycles. The lowest BCUT2D eigenvalue weighted by atomic mass is 9.77. The summed E-state index contributed by atoms with van der Waals surface area (Å²) in [5.41, 5.74) is 6.31. The highest BCUT2D eigenvalue weighted by Crippen LogP contribution is 2.41. The molecule has 3 nitrogen and oxygen atoms in total. The second kappa shape index (κ2) is 5.37. The Hall–Kier alpha value is -1.29. The third-order valence-electron chi connectivity index (χ3n) is 3.98. The van der Waals surface area contributed by atoms with Crippen LogP contribution in [0, 0.1) is 0 Å². The van der Waals surface area contributed by atoms with Crippen LogP contribution in [0.25, 0.3) is 0 Å². The molecule has 3 N–H and O–H groups in total. The van der Waals surface area contributed by atoms with Crippen LogP contribution in [0.1, 0.15) is 47.9 Å². The lowest BCUT2D eigenvalue weighted by Gasteiger charge is -2.30. The lowest BCUT2D eigenvalue weighted by molar-refractivity contribution is 0.414. The van der Waals surface area contributed by atoms with E-state index in [0.29, 0.717) is 11.1 Å². The quantitative estimate of drug-likeness (QED) is 0.660. The Balaban J connectivity index is 2.02. The number of hydrogen-bond donors (Lipinski definition) is 2. The molecule has 1 unspecified atom stereocenters. The summed E-state index contributed by atoms with van der Waals surface area (Å²) in [5.74, 6) is 6.39. The molecule has 0 saturated heterocycles. The highest BCUT2D eigenvalue weighted by molar-refractivity contribution is 6.29. The van der Waals surface area contributed by atoms with Crippen LogP contribution in [0.3, 0.4) is 0 Å². The Morgan fingerprint density at radius 3 is 2.58 bits per heavy atom. The molecule has 0 amide bonds. The SMILES string of the molecule is NNC(c1ccccc1C1CCC1)c1ccoc1Cl. The molecule has 2 aromatic rings. The van der Waals surface area contributed by atoms with E-state index in [0.717, 1.165) is 5.56 Å². The van der Waals surface area contributed by atoms with Gasteiger partial charge in [-0.3, -0.25) is 5.84 Å². The van der Waals surface area contributed by atoms with Crippen molar-refractivity contribution >= 4 is 11.6 Å². The van der Waals surface area contributed by atoms with E-state index in [1.165, 1.54) is 30.4 Å². The van der Waals surface area contributed by atoms with Gasteiger partial charge < -0.3 is 4.42 Å². The molecule has 1 fully saturated rings. The van der Waals surface area contributed by atoms with E-state index in [4.69, 9.17) is 21.9 Å². The normalized spacial score (nSPS) is 17.2. The number of furan rings is 1. The first kappa shape index (κ1) is 12.7. The maximum Gasteiger partial charge on any atom is 0.198 e. The van der Waals surface area contributed by atoms with Crippen molar-refractivity contribution in [2.45, 2.75) is 31.2 Å². The molecule has 1 atom stereocenters. The maximum atomic E-state index is 6.08. The highest BCUT2D eigenvalue weighted by atomic mass is 35.5. The summed E-state index contributed by atoms with van der Waals surface area (Å²) in [5, 5.41) is 0.395. The van der Waals surface area contributed by atoms with Gasteiger partial charge in [0.25, 0.3) is 0 Å². The smallest absolute Gasteiger partial charge is 0.198 e. The highest BCUT2D eigenvalue weighted by Gasteiger charge is 2.26. The van der Waals surface area contributed by atoms with Crippen molar-refractivity contribution in [3.63, 3.8) is 0 Å². The van der Waals surface area contributed by atoms with Gasteiger partial charge in [-0.2, -0.15) is 0 Å². The molecule has 1 aromatic heterocycles. The molecule has 1 heterocycles. The van der Waals surface area contributed by atoms with Crippen LogP contribution < -0.4 is 11.3 Å². The third-order valence-corrected chi connectivity index (χ3v) is 4.28. The van der Waals surface area contributed by atoms with Gasteiger partial charge in [0.2, 0.25) is 0 Å². The predicted octanol–water partition coefficient (Wildman–Crippen LogP) is 3.75. The van der Waals surface area contributed by atoms with Crippen molar-refractivity contribution in [3.8, 4) is 0 Å². The molecule has 100 valence electrons. The minimum Gasteiger partial charge on any atom is -0.453 e. The predicted molar refractivity (Wildman–Crippen MR) is 75.9 cm³/mol. The van der Waals surface area contributed by atoms with Crippen LogP contribution in [-0.4, -0.2) is 0 Å². The lowest BCUT2D eigenvalue weighted by Crippen LogP contribution is -2.30. The summed E-state index contributed by atoms with van der Waals surface area (Å²) in [7, 11) is 0. The zero-order chi connectivity index (χ0) is 13.2. The van der Waals surface area contributed by atoms with Crippen LogP contribution in [-0.2, 0) is 0 Å². The van der Waals surface area contributed by atoms with Gasteiger partial charge in [0.15, 0.2) is 5.22 Å². The van der Waals surface area contributed by atoms with E-state index >= 15 is 0 Å². The van der Waals surface area contributed by atoms with Crippen molar-refractivity contribution in [2.24, 2.45) is 5.84 Å². The molecule has 0 spiro atoms. The second-order valence-electron chi connectivity index (χ2n) is 5.01. The first-order valence-electron chi connectivity index (χ1n) is 6.59. The molecule has 1 saturated carbocycles. The fraction of sp³-hybridized carbons (Fsp3) is 0.333. The summed E-state index contributed by atoms with van der Waals surface area (Å²) in [6, 6.07) is 10.2. The standard InChI is InChI=1S/C15H17ClN2O/c16-15-13(8-9-19-15)14(18-17)12-7-2-1-6-11(12)10-4-3-5-10/h1-2,6-10,14,18H,3-5,17H2. The van der Waals surface area contributed by atoms with Gasteiger partial charge in [-0.25, -0.2) is 5.43 Å². The maximum absolute atomic E-state index is 6.08. The Bertz CT molecular complexity index is 563. The van der Waals surface area contributed by atoms with Gasteiger partial charge in [-0.15, -0.1) is 0 Å². The molecule has 1 aromatic carbocycles. The fourth-order valence-electron chi connectivity index (χ4n) is 2.72. The molecule has 0 radical (unpaired) electrons. The Kier molecular flexibility index (Phi) is 3.60. The van der Waals surface area contributed by atoms with Gasteiger partial charge in [-0.05, 0) is 47.6 Å². The van der Waals surface area contributed by atoms with Gasteiger partial charge in [0.05, 0.1) is 12.3 Å². The van der Waals surface area contributed by atoms with E-state index < -0.39 is 0 Å². The molecule has 1 aliphatic carbocycles. The molecule has 1 aliphatic rings. The fourth-order valence-corrected chi connectivity index (χ4v) is 2.95. The topological polar surface area (TPSA) is 51.2 Å².